The molecule has 6 heteroatoms. The molecule has 2 aromatic rings. The van der Waals surface area contributed by atoms with Gasteiger partial charge in [0.1, 0.15) is 0 Å². The molecule has 1 fully saturated rings. The summed E-state index contributed by atoms with van der Waals surface area (Å²) in [6, 6.07) is 3.97. The van der Waals surface area contributed by atoms with Gasteiger partial charge < -0.3 is 9.63 Å². The minimum atomic E-state index is -0.357. The van der Waals surface area contributed by atoms with E-state index >= 15 is 0 Å². The summed E-state index contributed by atoms with van der Waals surface area (Å²) in [4.78, 5) is 10.8. The number of pyridine rings is 1. The van der Waals surface area contributed by atoms with Crippen molar-refractivity contribution >= 4 is 0 Å². The van der Waals surface area contributed by atoms with Gasteiger partial charge in [-0.3, -0.25) is 9.88 Å². The Bertz CT molecular complexity index is 598. The smallest absolute Gasteiger partial charge is 0.244 e. The Morgan fingerprint density at radius 3 is 3.00 bits per heavy atom. The number of rotatable bonds is 3. The highest BCUT2D eigenvalue weighted by atomic mass is 16.5. The number of β-amino-alcohol motifs (C(OH)–C–C–N with tert-alkyl or cyclic N) is 1. The largest absolute Gasteiger partial charge is 0.392 e. The maximum absolute atomic E-state index is 9.94. The van der Waals surface area contributed by atoms with Crippen LogP contribution in [0.25, 0.3) is 0 Å². The van der Waals surface area contributed by atoms with Gasteiger partial charge in [0.25, 0.3) is 0 Å². The fourth-order valence-corrected chi connectivity index (χ4v) is 2.66. The summed E-state index contributed by atoms with van der Waals surface area (Å²) in [5.41, 5.74) is 2.16. The monoisotopic (exact) mass is 274 g/mol. The standard InChI is InChI=1S/C14H18N4O2/c1-9-11(4-3-5-15-9)7-18-8-12(19)6-13(18)14-16-10(2)17-20-14/h3-5,12-13,19H,6-8H2,1-2H3/t12-,13-/m1/s1. The second-order valence-electron chi connectivity index (χ2n) is 5.26. The van der Waals surface area contributed by atoms with E-state index in [0.717, 1.165) is 17.8 Å². The van der Waals surface area contributed by atoms with Gasteiger partial charge in [0.2, 0.25) is 5.89 Å². The van der Waals surface area contributed by atoms with E-state index in [0.29, 0.717) is 24.7 Å². The Balaban J connectivity index is 1.82. The first-order valence-electron chi connectivity index (χ1n) is 6.76. The Kier molecular flexibility index (Phi) is 3.50. The third-order valence-corrected chi connectivity index (χ3v) is 3.70. The third kappa shape index (κ3) is 2.57. The van der Waals surface area contributed by atoms with Crippen LogP contribution in [0.15, 0.2) is 22.9 Å². The van der Waals surface area contributed by atoms with E-state index in [-0.39, 0.29) is 12.1 Å². The van der Waals surface area contributed by atoms with Crippen LogP contribution in [0.1, 0.15) is 35.4 Å². The van der Waals surface area contributed by atoms with E-state index in [2.05, 4.69) is 26.1 Å². The normalized spacial score (nSPS) is 23.4. The minimum absolute atomic E-state index is 0.0224. The third-order valence-electron chi connectivity index (χ3n) is 3.70. The van der Waals surface area contributed by atoms with E-state index < -0.39 is 0 Å². The van der Waals surface area contributed by atoms with Crippen molar-refractivity contribution in [3.63, 3.8) is 0 Å². The molecule has 0 saturated carbocycles. The lowest BCUT2D eigenvalue weighted by Gasteiger charge is -2.21. The molecule has 1 saturated heterocycles. The fraction of sp³-hybridized carbons (Fsp3) is 0.500. The Labute approximate surface area is 117 Å². The fourth-order valence-electron chi connectivity index (χ4n) is 2.66. The second kappa shape index (κ2) is 5.30. The van der Waals surface area contributed by atoms with Gasteiger partial charge in [-0.25, -0.2) is 0 Å². The van der Waals surface area contributed by atoms with Gasteiger partial charge in [0, 0.05) is 25.0 Å². The van der Waals surface area contributed by atoms with Gasteiger partial charge in [-0.15, -0.1) is 0 Å². The van der Waals surface area contributed by atoms with Gasteiger partial charge in [0.15, 0.2) is 5.82 Å². The van der Waals surface area contributed by atoms with Crippen molar-refractivity contribution in [1.82, 2.24) is 20.0 Å². The zero-order chi connectivity index (χ0) is 14.1. The lowest BCUT2D eigenvalue weighted by Crippen LogP contribution is -2.25. The number of hydrogen-bond donors (Lipinski definition) is 1. The molecule has 3 rings (SSSR count). The van der Waals surface area contributed by atoms with Gasteiger partial charge in [-0.05, 0) is 31.9 Å². The molecule has 0 unspecified atom stereocenters. The summed E-state index contributed by atoms with van der Waals surface area (Å²) >= 11 is 0. The molecule has 6 nitrogen and oxygen atoms in total. The van der Waals surface area contributed by atoms with E-state index in [9.17, 15) is 5.11 Å². The van der Waals surface area contributed by atoms with Crippen molar-refractivity contribution in [3.8, 4) is 0 Å². The SMILES string of the molecule is Cc1noc([C@H]2C[C@@H](O)CN2Cc2cccnc2C)n1. The maximum Gasteiger partial charge on any atom is 0.244 e. The van der Waals surface area contributed by atoms with E-state index in [1.165, 1.54) is 0 Å². The molecular weight excluding hydrogens is 256 g/mol. The van der Waals surface area contributed by atoms with E-state index in [1.54, 1.807) is 13.1 Å². The van der Waals surface area contributed by atoms with Gasteiger partial charge in [-0.1, -0.05) is 11.2 Å². The topological polar surface area (TPSA) is 75.3 Å². The first-order valence-corrected chi connectivity index (χ1v) is 6.76. The number of hydrogen-bond acceptors (Lipinski definition) is 6. The predicted octanol–water partition coefficient (Wildman–Crippen LogP) is 1.39. The molecule has 0 radical (unpaired) electrons. The van der Waals surface area contributed by atoms with Gasteiger partial charge in [0.05, 0.1) is 12.1 Å². The van der Waals surface area contributed by atoms with Gasteiger partial charge >= 0.3 is 0 Å². The molecule has 0 bridgehead atoms. The van der Waals surface area contributed by atoms with Crippen molar-refractivity contribution in [2.75, 3.05) is 6.54 Å². The summed E-state index contributed by atoms with van der Waals surface area (Å²) in [5.74, 6) is 1.21. The molecule has 0 spiro atoms. The summed E-state index contributed by atoms with van der Waals surface area (Å²) in [5, 5.41) is 13.8. The van der Waals surface area contributed by atoms with Crippen LogP contribution in [-0.4, -0.2) is 37.8 Å². The van der Waals surface area contributed by atoms with Crippen LogP contribution >= 0.6 is 0 Å². The van der Waals surface area contributed by atoms with Crippen LogP contribution in [0, 0.1) is 13.8 Å². The summed E-state index contributed by atoms with van der Waals surface area (Å²) in [6.07, 6.45) is 2.06. The highest BCUT2D eigenvalue weighted by molar-refractivity contribution is 5.18. The molecule has 0 aliphatic carbocycles. The Morgan fingerprint density at radius 2 is 2.30 bits per heavy atom. The summed E-state index contributed by atoms with van der Waals surface area (Å²) < 4.78 is 5.27. The molecule has 2 aromatic heterocycles. The lowest BCUT2D eigenvalue weighted by atomic mass is 10.1. The van der Waals surface area contributed by atoms with Crippen LogP contribution in [0.2, 0.25) is 0 Å². The van der Waals surface area contributed by atoms with Crippen molar-refractivity contribution in [1.29, 1.82) is 0 Å². The quantitative estimate of drug-likeness (QED) is 0.911. The van der Waals surface area contributed by atoms with Crippen molar-refractivity contribution in [3.05, 3.63) is 41.3 Å². The predicted molar refractivity (Wildman–Crippen MR) is 71.8 cm³/mol. The summed E-state index contributed by atoms with van der Waals surface area (Å²) in [7, 11) is 0. The zero-order valence-electron chi connectivity index (χ0n) is 11.7. The number of aryl methyl sites for hydroxylation is 2. The second-order valence-corrected chi connectivity index (χ2v) is 5.26. The highest BCUT2D eigenvalue weighted by Gasteiger charge is 2.35. The van der Waals surface area contributed by atoms with E-state index in [1.807, 2.05) is 13.0 Å². The summed E-state index contributed by atoms with van der Waals surface area (Å²) in [6.45, 7) is 5.13. The maximum atomic E-state index is 9.94. The molecular formula is C14H18N4O2. The first kappa shape index (κ1) is 13.2. The Hall–Kier alpha value is -1.79. The van der Waals surface area contributed by atoms with E-state index in [4.69, 9.17) is 4.52 Å². The molecule has 3 heterocycles. The average Bonchev–Trinajstić information content (AvgIpc) is 2.98. The van der Waals surface area contributed by atoms with Crippen LogP contribution in [-0.2, 0) is 6.54 Å². The molecule has 1 aliphatic heterocycles. The van der Waals surface area contributed by atoms with Crippen LogP contribution < -0.4 is 0 Å². The highest BCUT2D eigenvalue weighted by Crippen LogP contribution is 2.32. The molecule has 1 aliphatic rings. The van der Waals surface area contributed by atoms with Crippen LogP contribution in [0.4, 0.5) is 0 Å². The molecule has 20 heavy (non-hydrogen) atoms. The average molecular weight is 274 g/mol. The number of nitrogens with zero attached hydrogens (tertiary/aromatic N) is 4. The van der Waals surface area contributed by atoms with Crippen molar-refractivity contribution in [2.24, 2.45) is 0 Å². The first-order chi connectivity index (χ1) is 9.63. The molecule has 2 atom stereocenters. The van der Waals surface area contributed by atoms with Crippen molar-refractivity contribution < 1.29 is 9.63 Å². The van der Waals surface area contributed by atoms with Crippen LogP contribution in [0.3, 0.4) is 0 Å². The number of likely N-dealkylation sites (tertiary alicyclic amines) is 1. The van der Waals surface area contributed by atoms with Gasteiger partial charge in [-0.2, -0.15) is 4.98 Å². The Morgan fingerprint density at radius 1 is 1.45 bits per heavy atom. The zero-order valence-corrected chi connectivity index (χ0v) is 11.7. The molecule has 0 amide bonds. The number of aliphatic hydroxyl groups is 1. The number of aliphatic hydroxyl groups excluding tert-OH is 1. The molecule has 106 valence electrons. The van der Waals surface area contributed by atoms with Crippen LogP contribution in [0.5, 0.6) is 0 Å². The minimum Gasteiger partial charge on any atom is -0.392 e. The molecule has 1 N–H and O–H groups in total. The lowest BCUT2D eigenvalue weighted by molar-refractivity contribution is 0.169. The number of aromatic nitrogens is 3. The molecule has 0 aromatic carbocycles. The van der Waals surface area contributed by atoms with Crippen molar-refractivity contribution in [2.45, 2.75) is 39.0 Å².